The molecule has 2 N–H and O–H groups in total. The van der Waals surface area contributed by atoms with Gasteiger partial charge in [0.15, 0.2) is 4.77 Å². The predicted octanol–water partition coefficient (Wildman–Crippen LogP) is 1.16. The third kappa shape index (κ3) is 4.67. The van der Waals surface area contributed by atoms with Crippen molar-refractivity contribution in [2.75, 3.05) is 38.2 Å². The minimum atomic E-state index is -0.329. The lowest BCUT2D eigenvalue weighted by Crippen LogP contribution is -2.47. The summed E-state index contributed by atoms with van der Waals surface area (Å²) in [7, 11) is 3.56. The van der Waals surface area contributed by atoms with Crippen molar-refractivity contribution in [3.63, 3.8) is 0 Å². The van der Waals surface area contributed by atoms with Gasteiger partial charge in [0.25, 0.3) is 0 Å². The number of piperazine rings is 1. The molecule has 1 aliphatic rings. The molecule has 9 heteroatoms. The number of carbonyl (C=O) groups is 1. The van der Waals surface area contributed by atoms with Crippen molar-refractivity contribution in [1.29, 1.82) is 0 Å². The monoisotopic (exact) mass is 390 g/mol. The molecule has 0 spiro atoms. The number of ether oxygens (including phenoxy) is 1. The number of primary amides is 1. The predicted molar refractivity (Wildman–Crippen MR) is 106 cm³/mol. The number of anilines is 1. The van der Waals surface area contributed by atoms with Crippen LogP contribution in [0.25, 0.3) is 0 Å². The molecule has 146 valence electrons. The van der Waals surface area contributed by atoms with E-state index in [1.54, 1.807) is 7.11 Å². The molecule has 0 unspecified atom stereocenters. The summed E-state index contributed by atoms with van der Waals surface area (Å²) >= 11 is 5.48. The summed E-state index contributed by atoms with van der Waals surface area (Å²) in [4.78, 5) is 15.7. The van der Waals surface area contributed by atoms with E-state index >= 15 is 0 Å². The van der Waals surface area contributed by atoms with Crippen molar-refractivity contribution < 1.29 is 9.53 Å². The number of benzene rings is 1. The quantitative estimate of drug-likeness (QED) is 0.715. The number of methoxy groups -OCH3 is 1. The Labute approximate surface area is 164 Å². The fraction of sp³-hybridized carbons (Fsp3) is 0.500. The molecule has 3 rings (SSSR count). The zero-order valence-electron chi connectivity index (χ0n) is 15.8. The zero-order valence-corrected chi connectivity index (χ0v) is 16.6. The molecule has 1 saturated heterocycles. The number of nitrogens with two attached hydrogens (primary N) is 1. The van der Waals surface area contributed by atoms with Crippen LogP contribution >= 0.6 is 12.2 Å². The van der Waals surface area contributed by atoms with E-state index in [2.05, 4.69) is 27.0 Å². The molecule has 1 aliphatic heterocycles. The first-order chi connectivity index (χ1) is 13.0. The van der Waals surface area contributed by atoms with Gasteiger partial charge in [-0.1, -0.05) is 0 Å². The van der Waals surface area contributed by atoms with Gasteiger partial charge in [-0.2, -0.15) is 5.10 Å². The van der Waals surface area contributed by atoms with E-state index in [4.69, 9.17) is 22.7 Å². The Balaban J connectivity index is 1.58. The number of amides is 1. The van der Waals surface area contributed by atoms with E-state index in [0.29, 0.717) is 17.9 Å². The normalized spacial score (nSPS) is 15.1. The number of nitrogens with zero attached hydrogens (tertiary/aromatic N) is 5. The lowest BCUT2D eigenvalue weighted by Gasteiger charge is -2.35. The van der Waals surface area contributed by atoms with Gasteiger partial charge < -0.3 is 19.9 Å². The molecule has 1 aromatic carbocycles. The van der Waals surface area contributed by atoms with Crippen LogP contribution in [0.15, 0.2) is 24.3 Å². The molecule has 0 radical (unpaired) electrons. The molecule has 0 aliphatic carbocycles. The Hall–Kier alpha value is -2.39. The van der Waals surface area contributed by atoms with Crippen LogP contribution in [0, 0.1) is 4.77 Å². The molecule has 1 amide bonds. The molecule has 1 fully saturated rings. The van der Waals surface area contributed by atoms with E-state index < -0.39 is 0 Å². The number of hydrogen-bond donors (Lipinski definition) is 1. The Kier molecular flexibility index (Phi) is 6.12. The standard InChI is InChI=1S/C18H26N6O2S/c1-21-17(8-7-16(19)25)20-24(18(21)27)13-22-9-11-23(12-10-22)14-3-5-15(26-2)6-4-14/h3-6H,7-13H2,1-2H3,(H2,19,25). The Morgan fingerprint density at radius 1 is 1.22 bits per heavy atom. The van der Waals surface area contributed by atoms with Crippen LogP contribution in [0.4, 0.5) is 5.69 Å². The van der Waals surface area contributed by atoms with Crippen molar-refractivity contribution in [3.05, 3.63) is 34.9 Å². The van der Waals surface area contributed by atoms with Crippen LogP contribution in [0.1, 0.15) is 12.2 Å². The Bertz CT molecular complexity index is 837. The Morgan fingerprint density at radius 3 is 2.48 bits per heavy atom. The maximum absolute atomic E-state index is 11.0. The van der Waals surface area contributed by atoms with Crippen LogP contribution in [0.3, 0.4) is 0 Å². The van der Waals surface area contributed by atoms with Gasteiger partial charge in [0.1, 0.15) is 11.6 Å². The first-order valence-corrected chi connectivity index (χ1v) is 9.41. The first kappa shape index (κ1) is 19.4. The molecule has 2 aromatic rings. The SMILES string of the molecule is COc1ccc(N2CCN(Cn3nc(CCC(N)=O)n(C)c3=S)CC2)cc1. The summed E-state index contributed by atoms with van der Waals surface area (Å²) in [6.45, 7) is 4.41. The van der Waals surface area contributed by atoms with Crippen LogP contribution in [0.2, 0.25) is 0 Å². The van der Waals surface area contributed by atoms with Crippen LogP contribution < -0.4 is 15.4 Å². The van der Waals surface area contributed by atoms with E-state index in [0.717, 1.165) is 37.8 Å². The van der Waals surface area contributed by atoms with Gasteiger partial charge in [-0.25, -0.2) is 4.68 Å². The minimum Gasteiger partial charge on any atom is -0.497 e. The summed E-state index contributed by atoms with van der Waals surface area (Å²) in [6.07, 6.45) is 0.786. The van der Waals surface area contributed by atoms with E-state index in [9.17, 15) is 4.79 Å². The van der Waals surface area contributed by atoms with Crippen molar-refractivity contribution in [3.8, 4) is 5.75 Å². The highest BCUT2D eigenvalue weighted by Crippen LogP contribution is 2.20. The highest BCUT2D eigenvalue weighted by molar-refractivity contribution is 7.71. The third-order valence-electron chi connectivity index (χ3n) is 4.87. The smallest absolute Gasteiger partial charge is 0.217 e. The number of hydrogen-bond acceptors (Lipinski definition) is 6. The minimum absolute atomic E-state index is 0.278. The molecule has 8 nitrogen and oxygen atoms in total. The van der Waals surface area contributed by atoms with Crippen LogP contribution in [0.5, 0.6) is 5.75 Å². The molecule has 2 heterocycles. The van der Waals surface area contributed by atoms with Gasteiger partial charge in [-0.3, -0.25) is 9.69 Å². The summed E-state index contributed by atoms with van der Waals surface area (Å²) in [5.41, 5.74) is 6.44. The fourth-order valence-corrected chi connectivity index (χ4v) is 3.41. The van der Waals surface area contributed by atoms with E-state index in [1.807, 2.05) is 28.4 Å². The van der Waals surface area contributed by atoms with Gasteiger partial charge in [-0.15, -0.1) is 0 Å². The molecule has 27 heavy (non-hydrogen) atoms. The molecular weight excluding hydrogens is 364 g/mol. The Morgan fingerprint density at radius 2 is 1.89 bits per heavy atom. The molecule has 0 atom stereocenters. The van der Waals surface area contributed by atoms with E-state index in [1.165, 1.54) is 5.69 Å². The van der Waals surface area contributed by atoms with Gasteiger partial charge in [0, 0.05) is 51.8 Å². The van der Waals surface area contributed by atoms with E-state index in [-0.39, 0.29) is 12.3 Å². The second-order valence-corrected chi connectivity index (χ2v) is 7.03. The second kappa shape index (κ2) is 8.53. The molecule has 1 aromatic heterocycles. The van der Waals surface area contributed by atoms with Gasteiger partial charge in [0.05, 0.1) is 13.8 Å². The number of aromatic nitrogens is 3. The molecule has 0 saturated carbocycles. The van der Waals surface area contributed by atoms with Gasteiger partial charge in [0.2, 0.25) is 5.91 Å². The maximum Gasteiger partial charge on any atom is 0.217 e. The highest BCUT2D eigenvalue weighted by atomic mass is 32.1. The third-order valence-corrected chi connectivity index (χ3v) is 5.35. The number of carbonyl (C=O) groups excluding carboxylic acids is 1. The fourth-order valence-electron chi connectivity index (χ4n) is 3.21. The van der Waals surface area contributed by atoms with Crippen LogP contribution in [-0.2, 0) is 24.9 Å². The van der Waals surface area contributed by atoms with Gasteiger partial charge in [-0.05, 0) is 36.5 Å². The lowest BCUT2D eigenvalue weighted by molar-refractivity contribution is -0.118. The number of aryl methyl sites for hydroxylation is 1. The largest absolute Gasteiger partial charge is 0.497 e. The average Bonchev–Trinajstić information content (AvgIpc) is 2.95. The van der Waals surface area contributed by atoms with Crippen molar-refractivity contribution >= 4 is 23.8 Å². The van der Waals surface area contributed by atoms with Crippen molar-refractivity contribution in [2.45, 2.75) is 19.5 Å². The lowest BCUT2D eigenvalue weighted by atomic mass is 10.2. The summed E-state index contributed by atoms with van der Waals surface area (Å²) < 4.78 is 9.56. The molecular formula is C18H26N6O2S. The summed E-state index contributed by atoms with van der Waals surface area (Å²) in [5, 5.41) is 4.57. The number of rotatable bonds is 7. The molecule has 0 bridgehead atoms. The average molecular weight is 391 g/mol. The highest BCUT2D eigenvalue weighted by Gasteiger charge is 2.19. The first-order valence-electron chi connectivity index (χ1n) is 9.00. The summed E-state index contributed by atoms with van der Waals surface area (Å²) in [6, 6.07) is 8.16. The van der Waals surface area contributed by atoms with Crippen molar-refractivity contribution in [1.82, 2.24) is 19.2 Å². The maximum atomic E-state index is 11.0. The van der Waals surface area contributed by atoms with Gasteiger partial charge >= 0.3 is 0 Å². The summed E-state index contributed by atoms with van der Waals surface area (Å²) in [5.74, 6) is 1.33. The second-order valence-electron chi connectivity index (χ2n) is 6.67. The topological polar surface area (TPSA) is 81.6 Å². The van der Waals surface area contributed by atoms with Crippen LogP contribution in [-0.4, -0.2) is 58.4 Å². The van der Waals surface area contributed by atoms with Crippen molar-refractivity contribution in [2.24, 2.45) is 12.8 Å². The zero-order chi connectivity index (χ0) is 19.4.